The monoisotopic (exact) mass is 332 g/mol. The lowest BCUT2D eigenvalue weighted by Gasteiger charge is -2.38. The first-order valence-corrected chi connectivity index (χ1v) is 8.23. The van der Waals surface area contributed by atoms with Crippen molar-refractivity contribution in [3.05, 3.63) is 53.3 Å². The molecular weight excluding hydrogens is 312 g/mol. The Morgan fingerprint density at radius 2 is 1.96 bits per heavy atom. The maximum Gasteiger partial charge on any atom is 0.222 e. The Balaban J connectivity index is 1.65. The van der Waals surface area contributed by atoms with E-state index in [4.69, 9.17) is 11.6 Å². The van der Waals surface area contributed by atoms with Gasteiger partial charge in [0.1, 0.15) is 0 Å². The van der Waals surface area contributed by atoms with E-state index >= 15 is 0 Å². The Morgan fingerprint density at radius 3 is 2.65 bits per heavy atom. The first kappa shape index (κ1) is 16.2. The Morgan fingerprint density at radius 1 is 1.22 bits per heavy atom. The van der Waals surface area contributed by atoms with Crippen LogP contribution in [0.5, 0.6) is 0 Å². The van der Waals surface area contributed by atoms with E-state index in [0.717, 1.165) is 26.1 Å². The quantitative estimate of drug-likeness (QED) is 0.880. The third-order valence-corrected chi connectivity index (χ3v) is 4.45. The number of rotatable bonds is 5. The van der Waals surface area contributed by atoms with E-state index < -0.39 is 0 Å². The molecule has 2 heterocycles. The van der Waals surface area contributed by atoms with Crippen molar-refractivity contribution in [2.75, 3.05) is 25.0 Å². The number of aromatic nitrogens is 2. The van der Waals surface area contributed by atoms with Gasteiger partial charge in [-0.3, -0.25) is 4.90 Å². The maximum atomic E-state index is 9.64. The van der Waals surface area contributed by atoms with E-state index in [0.29, 0.717) is 11.0 Å². The van der Waals surface area contributed by atoms with Gasteiger partial charge < -0.3 is 10.4 Å². The fourth-order valence-corrected chi connectivity index (χ4v) is 3.09. The highest BCUT2D eigenvalue weighted by atomic mass is 35.5. The highest BCUT2D eigenvalue weighted by molar-refractivity contribution is 6.30. The average molecular weight is 333 g/mol. The van der Waals surface area contributed by atoms with Crippen molar-refractivity contribution in [2.45, 2.75) is 19.0 Å². The number of benzene rings is 1. The molecule has 1 aliphatic rings. The van der Waals surface area contributed by atoms with Crippen molar-refractivity contribution in [3.63, 3.8) is 0 Å². The fraction of sp³-hybridized carbons (Fsp3) is 0.412. The predicted molar refractivity (Wildman–Crippen MR) is 91.4 cm³/mol. The summed E-state index contributed by atoms with van der Waals surface area (Å²) in [4.78, 5) is 10.8. The van der Waals surface area contributed by atoms with Crippen molar-refractivity contribution in [1.29, 1.82) is 0 Å². The van der Waals surface area contributed by atoms with Crippen molar-refractivity contribution in [3.8, 4) is 0 Å². The predicted octanol–water partition coefficient (Wildman–Crippen LogP) is 2.42. The Kier molecular flexibility index (Phi) is 5.43. The Labute approximate surface area is 141 Å². The van der Waals surface area contributed by atoms with Crippen LogP contribution in [0.25, 0.3) is 0 Å². The zero-order valence-electron chi connectivity index (χ0n) is 12.9. The number of likely N-dealkylation sites (tertiary alicyclic amines) is 1. The van der Waals surface area contributed by atoms with Crippen LogP contribution in [0.1, 0.15) is 12.0 Å². The summed E-state index contributed by atoms with van der Waals surface area (Å²) in [6, 6.07) is 10.6. The van der Waals surface area contributed by atoms with E-state index in [1.165, 1.54) is 5.56 Å². The molecule has 6 heteroatoms. The molecule has 3 rings (SSSR count). The van der Waals surface area contributed by atoms with Gasteiger partial charge in [0.25, 0.3) is 0 Å². The molecular formula is C17H21ClN4O. The molecule has 23 heavy (non-hydrogen) atoms. The molecule has 2 atom stereocenters. The van der Waals surface area contributed by atoms with Crippen LogP contribution in [0.15, 0.2) is 42.7 Å². The second-order valence-corrected chi connectivity index (χ2v) is 6.36. The van der Waals surface area contributed by atoms with E-state index in [-0.39, 0.29) is 18.6 Å². The molecule has 0 amide bonds. The van der Waals surface area contributed by atoms with E-state index in [1.807, 2.05) is 6.07 Å². The zero-order chi connectivity index (χ0) is 16.1. The molecule has 0 radical (unpaired) electrons. The molecule has 0 spiro atoms. The van der Waals surface area contributed by atoms with Gasteiger partial charge in [0.15, 0.2) is 0 Å². The van der Waals surface area contributed by atoms with Crippen LogP contribution in [-0.2, 0) is 6.54 Å². The minimum absolute atomic E-state index is 0.124. The van der Waals surface area contributed by atoms with Gasteiger partial charge in [0, 0.05) is 31.7 Å². The highest BCUT2D eigenvalue weighted by Crippen LogP contribution is 2.22. The molecule has 2 N–H and O–H groups in total. The van der Waals surface area contributed by atoms with Crippen LogP contribution in [0.3, 0.4) is 0 Å². The largest absolute Gasteiger partial charge is 0.396 e. The van der Waals surface area contributed by atoms with Crippen molar-refractivity contribution in [1.82, 2.24) is 14.9 Å². The van der Waals surface area contributed by atoms with Gasteiger partial charge in [-0.25, -0.2) is 9.97 Å². The second-order valence-electron chi connectivity index (χ2n) is 5.93. The topological polar surface area (TPSA) is 61.3 Å². The van der Waals surface area contributed by atoms with Gasteiger partial charge in [0.2, 0.25) is 5.95 Å². The molecule has 1 aliphatic heterocycles. The Bertz CT molecular complexity index is 608. The lowest BCUT2D eigenvalue weighted by molar-refractivity contribution is 0.114. The fourth-order valence-electron chi connectivity index (χ4n) is 2.99. The molecule has 1 fully saturated rings. The lowest BCUT2D eigenvalue weighted by Crippen LogP contribution is -2.48. The summed E-state index contributed by atoms with van der Waals surface area (Å²) in [6.07, 6.45) is 4.11. The summed E-state index contributed by atoms with van der Waals surface area (Å²) < 4.78 is 0. The Hall–Kier alpha value is -1.69. The van der Waals surface area contributed by atoms with Crippen LogP contribution < -0.4 is 5.32 Å². The van der Waals surface area contributed by atoms with Crippen molar-refractivity contribution < 1.29 is 5.11 Å². The number of hydrogen-bond donors (Lipinski definition) is 2. The summed E-state index contributed by atoms with van der Waals surface area (Å²) in [6.45, 7) is 2.93. The van der Waals surface area contributed by atoms with Crippen LogP contribution in [-0.4, -0.2) is 45.7 Å². The van der Waals surface area contributed by atoms with Gasteiger partial charge in [-0.2, -0.15) is 0 Å². The molecule has 0 saturated carbocycles. The van der Waals surface area contributed by atoms with Gasteiger partial charge in [0.05, 0.1) is 17.4 Å². The molecule has 1 aromatic carbocycles. The van der Waals surface area contributed by atoms with Crippen LogP contribution >= 0.6 is 11.6 Å². The van der Waals surface area contributed by atoms with Crippen LogP contribution in [0.2, 0.25) is 5.02 Å². The number of nitrogens with zero attached hydrogens (tertiary/aromatic N) is 3. The zero-order valence-corrected chi connectivity index (χ0v) is 13.7. The molecule has 0 unspecified atom stereocenters. The molecule has 1 saturated heterocycles. The number of halogens is 1. The number of anilines is 1. The molecule has 1 aromatic heterocycles. The van der Waals surface area contributed by atoms with E-state index in [9.17, 15) is 5.11 Å². The summed E-state index contributed by atoms with van der Waals surface area (Å²) in [5.74, 6) is 0.765. The lowest BCUT2D eigenvalue weighted by atomic mass is 9.92. The summed E-state index contributed by atoms with van der Waals surface area (Å²) in [7, 11) is 0. The van der Waals surface area contributed by atoms with Crippen LogP contribution in [0.4, 0.5) is 5.95 Å². The molecule has 2 aromatic rings. The van der Waals surface area contributed by atoms with E-state index in [1.54, 1.807) is 12.4 Å². The smallest absolute Gasteiger partial charge is 0.222 e. The third-order valence-electron chi connectivity index (χ3n) is 4.26. The summed E-state index contributed by atoms with van der Waals surface area (Å²) >= 11 is 5.82. The van der Waals surface area contributed by atoms with Crippen molar-refractivity contribution in [2.24, 2.45) is 5.92 Å². The molecule has 0 bridgehead atoms. The number of piperidine rings is 1. The van der Waals surface area contributed by atoms with Crippen LogP contribution in [0, 0.1) is 5.92 Å². The highest BCUT2D eigenvalue weighted by Gasteiger charge is 2.29. The summed E-state index contributed by atoms with van der Waals surface area (Å²) in [5.41, 5.74) is 1.30. The second kappa shape index (κ2) is 7.73. The minimum atomic E-state index is 0.124. The number of hydrogen-bond acceptors (Lipinski definition) is 5. The average Bonchev–Trinajstić information content (AvgIpc) is 2.58. The third kappa shape index (κ3) is 4.41. The first-order valence-electron chi connectivity index (χ1n) is 7.86. The molecule has 5 nitrogen and oxygen atoms in total. The number of nitrogens with one attached hydrogen (secondary N) is 1. The number of aliphatic hydroxyl groups excluding tert-OH is 1. The van der Waals surface area contributed by atoms with Gasteiger partial charge in [-0.15, -0.1) is 0 Å². The van der Waals surface area contributed by atoms with E-state index in [2.05, 4.69) is 44.5 Å². The van der Waals surface area contributed by atoms with Gasteiger partial charge >= 0.3 is 0 Å². The first-order chi connectivity index (χ1) is 11.2. The van der Waals surface area contributed by atoms with Gasteiger partial charge in [-0.05, 0) is 18.5 Å². The SMILES string of the molecule is OC[C@H]1CCN(Cc2ccccc2)C[C@@H]1Nc1ncc(Cl)cn1. The normalized spacial score (nSPS) is 22.0. The minimum Gasteiger partial charge on any atom is -0.396 e. The molecule has 0 aliphatic carbocycles. The number of aliphatic hydroxyl groups is 1. The summed E-state index contributed by atoms with van der Waals surface area (Å²) in [5, 5.41) is 13.5. The standard InChI is InChI=1S/C17H21ClN4O/c18-15-8-19-17(20-9-15)21-16-11-22(7-6-14(16)12-23)10-13-4-2-1-3-5-13/h1-5,8-9,14,16,23H,6-7,10-12H2,(H,19,20,21)/t14-,16+/m1/s1. The maximum absolute atomic E-state index is 9.64. The van der Waals surface area contributed by atoms with Crippen molar-refractivity contribution >= 4 is 17.5 Å². The molecule has 122 valence electrons. The van der Waals surface area contributed by atoms with Gasteiger partial charge in [-0.1, -0.05) is 41.9 Å².